The highest BCUT2D eigenvalue weighted by Crippen LogP contribution is 2.45. The number of aliphatic hydroxyl groups excluding tert-OH is 1. The fourth-order valence-corrected chi connectivity index (χ4v) is 12.6. The zero-order chi connectivity index (χ0) is 70.1. The largest absolute Gasteiger partial charge is 0.472 e. The number of esters is 4. The topological polar surface area (TPSA) is 237 Å². The van der Waals surface area contributed by atoms with Crippen molar-refractivity contribution in [1.82, 2.24) is 0 Å². The fourth-order valence-electron chi connectivity index (χ4n) is 11.0. The lowest BCUT2D eigenvalue weighted by Gasteiger charge is -2.21. The number of phosphoric ester groups is 2. The van der Waals surface area contributed by atoms with Gasteiger partial charge in [0.25, 0.3) is 0 Å². The summed E-state index contributed by atoms with van der Waals surface area (Å²) in [6.45, 7) is 11.8. The Balaban J connectivity index is 5.31. The van der Waals surface area contributed by atoms with Crippen molar-refractivity contribution in [1.29, 1.82) is 0 Å². The van der Waals surface area contributed by atoms with E-state index in [1.807, 2.05) is 0 Å². The Hall–Kier alpha value is -2.46. The number of ether oxygens (including phenoxy) is 4. The van der Waals surface area contributed by atoms with Gasteiger partial charge in [0, 0.05) is 25.7 Å². The van der Waals surface area contributed by atoms with E-state index in [1.165, 1.54) is 161 Å². The van der Waals surface area contributed by atoms with Crippen LogP contribution in [0.15, 0.2) is 24.3 Å². The maximum atomic E-state index is 13.1. The summed E-state index contributed by atoms with van der Waals surface area (Å²) < 4.78 is 68.5. The Morgan fingerprint density at radius 1 is 0.347 bits per heavy atom. The first-order valence-corrected chi connectivity index (χ1v) is 41.7. The molecule has 3 unspecified atom stereocenters. The number of hydrogen-bond acceptors (Lipinski definition) is 15. The van der Waals surface area contributed by atoms with Gasteiger partial charge in [-0.3, -0.25) is 37.3 Å². The van der Waals surface area contributed by atoms with Crippen molar-refractivity contribution in [2.24, 2.45) is 17.8 Å². The van der Waals surface area contributed by atoms with Gasteiger partial charge in [0.2, 0.25) is 0 Å². The molecule has 3 N–H and O–H groups in total. The number of rotatable bonds is 72. The van der Waals surface area contributed by atoms with Crippen LogP contribution in [0.4, 0.5) is 0 Å². The van der Waals surface area contributed by atoms with Crippen molar-refractivity contribution in [3.05, 3.63) is 24.3 Å². The normalized spacial score (nSPS) is 14.5. The minimum Gasteiger partial charge on any atom is -0.462 e. The number of hydrogen-bond donors (Lipinski definition) is 3. The molecule has 19 heteroatoms. The first kappa shape index (κ1) is 92.5. The zero-order valence-corrected chi connectivity index (χ0v) is 63.4. The van der Waals surface area contributed by atoms with Crippen LogP contribution in [0.5, 0.6) is 0 Å². The summed E-state index contributed by atoms with van der Waals surface area (Å²) in [6, 6.07) is 0. The van der Waals surface area contributed by atoms with Gasteiger partial charge in [-0.25, -0.2) is 9.13 Å². The maximum absolute atomic E-state index is 13.1. The minimum atomic E-state index is -4.97. The van der Waals surface area contributed by atoms with Crippen LogP contribution in [0.3, 0.4) is 0 Å². The summed E-state index contributed by atoms with van der Waals surface area (Å²) in [7, 11) is -9.93. The van der Waals surface area contributed by atoms with Crippen molar-refractivity contribution < 1.29 is 80.2 Å². The molecule has 0 aliphatic carbocycles. The smallest absolute Gasteiger partial charge is 0.462 e. The number of unbranched alkanes of at least 4 members (excludes halogenated alkanes) is 36. The Bertz CT molecular complexity index is 1950. The SMILES string of the molecule is CCCCCC/C=C\C=C/CCCCCCCC(=O)O[C@H](COC(=O)CCCCCCCCCCCCCCC(C)C)COP(=O)(O)OC[C@@H](O)COP(=O)(O)OC[C@@H](COC(=O)CCCCCCCCCCC(C)C)OC(=O)CCCCCCCCCCCCC(C)CC. The summed E-state index contributed by atoms with van der Waals surface area (Å²) in [4.78, 5) is 72.8. The van der Waals surface area contributed by atoms with Crippen LogP contribution in [0, 0.1) is 17.8 Å². The second-order valence-corrected chi connectivity index (χ2v) is 30.8. The molecule has 17 nitrogen and oxygen atoms in total. The highest BCUT2D eigenvalue weighted by molar-refractivity contribution is 7.47. The molecule has 0 aromatic carbocycles. The van der Waals surface area contributed by atoms with Gasteiger partial charge in [-0.05, 0) is 69.1 Å². The average Bonchev–Trinajstić information content (AvgIpc) is 2.06. The molecular formula is C76H144O17P2. The summed E-state index contributed by atoms with van der Waals surface area (Å²) in [6.07, 6.45) is 54.8. The molecule has 0 aliphatic heterocycles. The number of carbonyl (C=O) groups excluding carboxylic acids is 4. The van der Waals surface area contributed by atoms with Gasteiger partial charge in [-0.2, -0.15) is 0 Å². The van der Waals surface area contributed by atoms with Crippen LogP contribution in [-0.4, -0.2) is 96.7 Å². The molecule has 0 aromatic rings. The molecule has 0 rings (SSSR count). The molecule has 0 heterocycles. The third-order valence-electron chi connectivity index (χ3n) is 17.4. The highest BCUT2D eigenvalue weighted by atomic mass is 31.2. The Kier molecular flexibility index (Phi) is 64.4. The molecule has 95 heavy (non-hydrogen) atoms. The van der Waals surface area contributed by atoms with Crippen molar-refractivity contribution in [3.63, 3.8) is 0 Å². The summed E-state index contributed by atoms with van der Waals surface area (Å²) in [5, 5.41) is 10.6. The van der Waals surface area contributed by atoms with Crippen molar-refractivity contribution >= 4 is 39.5 Å². The average molecular weight is 1390 g/mol. The second kappa shape index (κ2) is 66.1. The highest BCUT2D eigenvalue weighted by Gasteiger charge is 2.30. The van der Waals surface area contributed by atoms with Gasteiger partial charge in [0.1, 0.15) is 19.3 Å². The van der Waals surface area contributed by atoms with Gasteiger partial charge in [-0.1, -0.05) is 310 Å². The number of carbonyl (C=O) groups is 4. The van der Waals surface area contributed by atoms with Crippen LogP contribution < -0.4 is 0 Å². The van der Waals surface area contributed by atoms with Gasteiger partial charge in [0.05, 0.1) is 26.4 Å². The molecule has 0 saturated carbocycles. The molecular weight excluding hydrogens is 1250 g/mol. The molecule has 560 valence electrons. The lowest BCUT2D eigenvalue weighted by molar-refractivity contribution is -0.161. The molecule has 0 saturated heterocycles. The van der Waals surface area contributed by atoms with Gasteiger partial charge >= 0.3 is 39.5 Å². The third-order valence-corrected chi connectivity index (χ3v) is 19.3. The van der Waals surface area contributed by atoms with E-state index in [0.29, 0.717) is 25.7 Å². The van der Waals surface area contributed by atoms with E-state index in [4.69, 9.17) is 37.0 Å². The van der Waals surface area contributed by atoms with Crippen LogP contribution in [-0.2, 0) is 65.4 Å². The zero-order valence-electron chi connectivity index (χ0n) is 61.6. The fraction of sp³-hybridized carbons (Fsp3) is 0.895. The van der Waals surface area contributed by atoms with Crippen LogP contribution in [0.1, 0.15) is 363 Å². The molecule has 0 spiro atoms. The first-order chi connectivity index (χ1) is 45.8. The summed E-state index contributed by atoms with van der Waals surface area (Å²) in [5.41, 5.74) is 0. The lowest BCUT2D eigenvalue weighted by atomic mass is 9.99. The molecule has 0 amide bonds. The molecule has 0 bridgehead atoms. The summed E-state index contributed by atoms with van der Waals surface area (Å²) >= 11 is 0. The standard InChI is InChI=1S/C76H144O17P2/c1-8-10-11-12-13-14-15-16-17-18-23-29-38-45-52-59-75(80)92-71(63-86-73(78)57-50-43-36-28-22-20-19-21-26-33-40-47-54-67(3)4)65-90-94(82,83)88-61-70(77)62-89-95(84,85)91-66-72(64-87-74(79)58-51-44-37-32-31-34-41-48-55-68(5)6)93-76(81)60-53-46-39-30-25-24-27-35-42-49-56-69(7)9-2/h14-17,67-72,77H,8-13,18-66H2,1-7H3,(H,82,83)(H,84,85)/b15-14-,17-16-/t69?,70-,71-,72-/m1/s1. The van der Waals surface area contributed by atoms with E-state index >= 15 is 0 Å². The number of allylic oxidation sites excluding steroid dienone is 4. The lowest BCUT2D eigenvalue weighted by Crippen LogP contribution is -2.30. The Morgan fingerprint density at radius 3 is 0.937 bits per heavy atom. The van der Waals surface area contributed by atoms with Crippen molar-refractivity contribution in [2.75, 3.05) is 39.6 Å². The van der Waals surface area contributed by atoms with Crippen molar-refractivity contribution in [2.45, 2.75) is 381 Å². The molecule has 0 aliphatic rings. The van der Waals surface area contributed by atoms with E-state index in [0.717, 1.165) is 120 Å². The Labute approximate surface area is 580 Å². The molecule has 0 fully saturated rings. The van der Waals surface area contributed by atoms with E-state index < -0.39 is 97.5 Å². The predicted molar refractivity (Wildman–Crippen MR) is 386 cm³/mol. The van der Waals surface area contributed by atoms with Crippen LogP contribution >= 0.6 is 15.6 Å². The predicted octanol–water partition coefficient (Wildman–Crippen LogP) is 21.7. The van der Waals surface area contributed by atoms with E-state index in [1.54, 1.807) is 0 Å². The van der Waals surface area contributed by atoms with E-state index in [2.05, 4.69) is 72.8 Å². The van der Waals surface area contributed by atoms with Gasteiger partial charge in [-0.15, -0.1) is 0 Å². The first-order valence-electron chi connectivity index (χ1n) is 38.7. The van der Waals surface area contributed by atoms with Crippen molar-refractivity contribution in [3.8, 4) is 0 Å². The molecule has 0 aromatic heterocycles. The monoisotopic (exact) mass is 1390 g/mol. The second-order valence-electron chi connectivity index (χ2n) is 27.9. The molecule has 0 radical (unpaired) electrons. The number of aliphatic hydroxyl groups is 1. The maximum Gasteiger partial charge on any atom is 0.472 e. The van der Waals surface area contributed by atoms with Gasteiger partial charge < -0.3 is 33.8 Å². The summed E-state index contributed by atoms with van der Waals surface area (Å²) in [5.74, 6) is 0.157. The third kappa shape index (κ3) is 68.5. The van der Waals surface area contributed by atoms with Crippen LogP contribution in [0.2, 0.25) is 0 Å². The van der Waals surface area contributed by atoms with Crippen LogP contribution in [0.25, 0.3) is 0 Å². The van der Waals surface area contributed by atoms with E-state index in [9.17, 15) is 43.2 Å². The molecule has 6 atom stereocenters. The van der Waals surface area contributed by atoms with E-state index in [-0.39, 0.29) is 25.7 Å². The van der Waals surface area contributed by atoms with Gasteiger partial charge in [0.15, 0.2) is 12.2 Å². The minimum absolute atomic E-state index is 0.0847. The quantitative estimate of drug-likeness (QED) is 0.0169. The number of phosphoric acid groups is 2. The Morgan fingerprint density at radius 2 is 0.621 bits per heavy atom.